The van der Waals surface area contributed by atoms with Crippen molar-refractivity contribution in [3.63, 3.8) is 0 Å². The zero-order valence-electron chi connectivity index (χ0n) is 13.3. The molecule has 9 heteroatoms. The van der Waals surface area contributed by atoms with E-state index in [0.29, 0.717) is 32.5 Å². The Balaban J connectivity index is 3.83. The molecule has 0 saturated heterocycles. The number of carbonyl (C=O) groups is 2. The Labute approximate surface area is 131 Å². The number of hydrogen-bond acceptors (Lipinski definition) is 5. The molecule has 0 heterocycles. The van der Waals surface area contributed by atoms with Crippen LogP contribution in [0.15, 0.2) is 0 Å². The summed E-state index contributed by atoms with van der Waals surface area (Å²) in [6, 6.07) is 0. The number of nitrogens with zero attached hydrogens (tertiary/aromatic N) is 1. The molecule has 2 atom stereocenters. The number of carbonyl (C=O) groups excluding carboxylic acids is 1. The first-order chi connectivity index (χ1) is 10.0. The van der Waals surface area contributed by atoms with E-state index in [1.165, 1.54) is 6.92 Å². The van der Waals surface area contributed by atoms with E-state index in [1.54, 1.807) is 6.92 Å². The van der Waals surface area contributed by atoms with Gasteiger partial charge >= 0.3 is 5.97 Å². The molecule has 1 amide bonds. The van der Waals surface area contributed by atoms with Crippen LogP contribution in [0, 0.1) is 11.8 Å². The van der Waals surface area contributed by atoms with Gasteiger partial charge in [-0.3, -0.25) is 14.1 Å². The van der Waals surface area contributed by atoms with Gasteiger partial charge in [-0.25, -0.2) is 0 Å². The second-order valence-electron chi connectivity index (χ2n) is 5.50. The molecule has 0 aliphatic carbocycles. The molecule has 3 N–H and O–H groups in total. The van der Waals surface area contributed by atoms with Crippen LogP contribution in [0.5, 0.6) is 0 Å². The number of nitrogens with one attached hydrogen (secondary N) is 1. The maximum atomic E-state index is 11.7. The zero-order chi connectivity index (χ0) is 17.3. The largest absolute Gasteiger partial charge is 0.481 e. The lowest BCUT2D eigenvalue weighted by Crippen LogP contribution is -2.36. The second-order valence-corrected chi connectivity index (χ2v) is 7.08. The molecule has 0 aromatic carbocycles. The lowest BCUT2D eigenvalue weighted by molar-refractivity contribution is -0.146. The first kappa shape index (κ1) is 20.8. The predicted molar refractivity (Wildman–Crippen MR) is 82.1 cm³/mol. The van der Waals surface area contributed by atoms with Gasteiger partial charge in [-0.2, -0.15) is 8.42 Å². The molecule has 0 rings (SSSR count). The summed E-state index contributed by atoms with van der Waals surface area (Å²) in [4.78, 5) is 24.4. The van der Waals surface area contributed by atoms with Gasteiger partial charge in [-0.1, -0.05) is 13.8 Å². The van der Waals surface area contributed by atoms with Crippen molar-refractivity contribution in [3.8, 4) is 0 Å². The highest BCUT2D eigenvalue weighted by Gasteiger charge is 2.25. The first-order valence-electron chi connectivity index (χ1n) is 7.19. The van der Waals surface area contributed by atoms with E-state index >= 15 is 0 Å². The van der Waals surface area contributed by atoms with E-state index < -0.39 is 27.9 Å². The van der Waals surface area contributed by atoms with E-state index in [4.69, 9.17) is 9.66 Å². The summed E-state index contributed by atoms with van der Waals surface area (Å²) in [5, 5.41) is 11.5. The smallest absolute Gasteiger partial charge is 0.307 e. The van der Waals surface area contributed by atoms with Crippen molar-refractivity contribution in [2.24, 2.45) is 11.8 Å². The third-order valence-corrected chi connectivity index (χ3v) is 4.32. The number of amides is 1. The third kappa shape index (κ3) is 9.69. The number of carboxylic acids is 1. The molecule has 0 fully saturated rings. The Morgan fingerprint density at radius 2 is 1.68 bits per heavy atom. The van der Waals surface area contributed by atoms with Gasteiger partial charge in [0.05, 0.1) is 11.7 Å². The molecule has 0 aromatic rings. The van der Waals surface area contributed by atoms with Crippen LogP contribution in [-0.4, -0.2) is 67.3 Å². The second kappa shape index (κ2) is 9.75. The molecule has 0 aliphatic rings. The van der Waals surface area contributed by atoms with Gasteiger partial charge in [0, 0.05) is 12.5 Å². The molecule has 0 bridgehead atoms. The van der Waals surface area contributed by atoms with Crippen LogP contribution in [-0.2, 0) is 19.7 Å². The highest BCUT2D eigenvalue weighted by atomic mass is 32.2. The van der Waals surface area contributed by atoms with E-state index in [-0.39, 0.29) is 11.7 Å². The summed E-state index contributed by atoms with van der Waals surface area (Å²) in [6.45, 7) is 4.69. The molecule has 0 spiro atoms. The Kier molecular flexibility index (Phi) is 9.22. The van der Waals surface area contributed by atoms with E-state index in [1.807, 2.05) is 11.9 Å². The molecule has 22 heavy (non-hydrogen) atoms. The van der Waals surface area contributed by atoms with Gasteiger partial charge in [0.15, 0.2) is 0 Å². The monoisotopic (exact) mass is 338 g/mol. The quantitative estimate of drug-likeness (QED) is 0.359. The first-order valence-corrected chi connectivity index (χ1v) is 8.79. The third-order valence-electron chi connectivity index (χ3n) is 3.51. The average Bonchev–Trinajstić information content (AvgIpc) is 2.40. The fourth-order valence-corrected chi connectivity index (χ4v) is 2.29. The van der Waals surface area contributed by atoms with Gasteiger partial charge < -0.3 is 15.3 Å². The Morgan fingerprint density at radius 1 is 1.14 bits per heavy atom. The van der Waals surface area contributed by atoms with E-state index in [2.05, 4.69) is 5.32 Å². The van der Waals surface area contributed by atoms with Crippen molar-refractivity contribution >= 4 is 22.0 Å². The normalized spacial score (nSPS) is 14.6. The van der Waals surface area contributed by atoms with Crippen molar-refractivity contribution in [2.75, 3.05) is 32.4 Å². The lowest BCUT2D eigenvalue weighted by atomic mass is 9.95. The molecule has 0 aromatic heterocycles. The van der Waals surface area contributed by atoms with Gasteiger partial charge in [0.2, 0.25) is 5.91 Å². The Bertz CT molecular complexity index is 465. The lowest BCUT2D eigenvalue weighted by Gasteiger charge is -2.18. The average molecular weight is 338 g/mol. The van der Waals surface area contributed by atoms with Gasteiger partial charge in [-0.15, -0.1) is 0 Å². The summed E-state index contributed by atoms with van der Waals surface area (Å²) >= 11 is 0. The molecule has 130 valence electrons. The molecule has 2 unspecified atom stereocenters. The number of hydrogen-bond donors (Lipinski definition) is 3. The van der Waals surface area contributed by atoms with E-state index in [9.17, 15) is 18.0 Å². The number of aliphatic carboxylic acids is 1. The highest BCUT2D eigenvalue weighted by molar-refractivity contribution is 7.85. The van der Waals surface area contributed by atoms with Crippen molar-refractivity contribution in [3.05, 3.63) is 0 Å². The minimum atomic E-state index is -3.91. The Hall–Kier alpha value is -1.19. The van der Waals surface area contributed by atoms with Crippen LogP contribution in [0.3, 0.4) is 0 Å². The fourth-order valence-electron chi connectivity index (χ4n) is 1.79. The molecule has 0 aliphatic heterocycles. The zero-order valence-corrected chi connectivity index (χ0v) is 14.1. The standard InChI is InChI=1S/C13H26N2O6S/c1-10(11(2)13(17)18)12(16)14-6-4-7-15(3)8-5-9-22(19,20)21/h10-11H,4-9H2,1-3H3,(H,14,16)(H,17,18)(H,19,20,21). The predicted octanol–water partition coefficient (Wildman–Crippen LogP) is 0.0592. The van der Waals surface area contributed by atoms with Crippen molar-refractivity contribution in [1.82, 2.24) is 10.2 Å². The maximum absolute atomic E-state index is 11.7. The minimum Gasteiger partial charge on any atom is -0.481 e. The summed E-state index contributed by atoms with van der Waals surface area (Å²) in [5.74, 6) is -2.88. The number of carboxylic acid groups (broad SMARTS) is 1. The molecular formula is C13H26N2O6S. The van der Waals surface area contributed by atoms with Crippen LogP contribution >= 0.6 is 0 Å². The summed E-state index contributed by atoms with van der Waals surface area (Å²) in [6.07, 6.45) is 1.01. The van der Waals surface area contributed by atoms with Gasteiger partial charge in [0.25, 0.3) is 10.1 Å². The molecule has 8 nitrogen and oxygen atoms in total. The maximum Gasteiger partial charge on any atom is 0.307 e. The van der Waals surface area contributed by atoms with Crippen LogP contribution < -0.4 is 5.32 Å². The Morgan fingerprint density at radius 3 is 2.18 bits per heavy atom. The van der Waals surface area contributed by atoms with Crippen LogP contribution in [0.1, 0.15) is 26.7 Å². The van der Waals surface area contributed by atoms with Crippen LogP contribution in [0.4, 0.5) is 0 Å². The number of rotatable bonds is 11. The molecule has 0 saturated carbocycles. The summed E-state index contributed by atoms with van der Waals surface area (Å²) in [7, 11) is -2.09. The van der Waals surface area contributed by atoms with Gasteiger partial charge in [0.1, 0.15) is 0 Å². The topological polar surface area (TPSA) is 124 Å². The highest BCUT2D eigenvalue weighted by Crippen LogP contribution is 2.10. The van der Waals surface area contributed by atoms with E-state index in [0.717, 1.165) is 0 Å². The van der Waals surface area contributed by atoms with Crippen molar-refractivity contribution < 1.29 is 27.7 Å². The summed E-state index contributed by atoms with van der Waals surface area (Å²) in [5.41, 5.74) is 0. The SMILES string of the molecule is CC(C(=O)O)C(C)C(=O)NCCCN(C)CCCS(=O)(=O)O. The fraction of sp³-hybridized carbons (Fsp3) is 0.846. The van der Waals surface area contributed by atoms with Crippen molar-refractivity contribution in [1.29, 1.82) is 0 Å². The molecular weight excluding hydrogens is 312 g/mol. The van der Waals surface area contributed by atoms with Crippen molar-refractivity contribution in [2.45, 2.75) is 26.7 Å². The molecule has 0 radical (unpaired) electrons. The van der Waals surface area contributed by atoms with Gasteiger partial charge in [-0.05, 0) is 33.0 Å². The van der Waals surface area contributed by atoms with Crippen LogP contribution in [0.2, 0.25) is 0 Å². The van der Waals surface area contributed by atoms with Crippen LogP contribution in [0.25, 0.3) is 0 Å². The summed E-state index contributed by atoms with van der Waals surface area (Å²) < 4.78 is 29.7. The minimum absolute atomic E-state index is 0.265.